The molecule has 0 N–H and O–H groups in total. The zero-order valence-corrected chi connectivity index (χ0v) is 12.0. The van der Waals surface area contributed by atoms with E-state index in [0.717, 1.165) is 20.6 Å². The summed E-state index contributed by atoms with van der Waals surface area (Å²) < 4.78 is 27.3. The lowest BCUT2D eigenvalue weighted by Gasteiger charge is -2.13. The molecule has 6 heteroatoms. The summed E-state index contributed by atoms with van der Waals surface area (Å²) in [6.45, 7) is 0. The lowest BCUT2D eigenvalue weighted by molar-refractivity contribution is 0.0926. The second-order valence-corrected chi connectivity index (χ2v) is 5.48. The minimum atomic E-state index is -1.14. The Labute approximate surface area is 126 Å². The molecular weight excluding hydrogens is 379 g/mol. The number of carbonyl (C=O) groups is 2. The largest absolute Gasteiger partial charge is 0.268 e. The van der Waals surface area contributed by atoms with Crippen molar-refractivity contribution in [3.63, 3.8) is 0 Å². The molecule has 20 heavy (non-hydrogen) atoms. The average molecular weight is 385 g/mol. The Morgan fingerprint density at radius 2 is 1.30 bits per heavy atom. The number of hydrogen-bond acceptors (Lipinski definition) is 2. The summed E-state index contributed by atoms with van der Waals surface area (Å²) in [5.41, 5.74) is 0.136. The molecule has 0 spiro atoms. The maximum Gasteiger partial charge on any atom is 0.266 e. The lowest BCUT2D eigenvalue weighted by Crippen LogP contribution is -2.29. The molecule has 3 rings (SSSR count). The zero-order valence-electron chi connectivity index (χ0n) is 9.86. The van der Waals surface area contributed by atoms with Crippen molar-refractivity contribution in [2.75, 3.05) is 4.90 Å². The Hall–Kier alpha value is -1.83. The number of amides is 2. The van der Waals surface area contributed by atoms with Crippen LogP contribution >= 0.6 is 22.6 Å². The highest BCUT2D eigenvalue weighted by molar-refractivity contribution is 14.1. The molecule has 3 nitrogen and oxygen atoms in total. The second-order valence-electron chi connectivity index (χ2n) is 4.23. The summed E-state index contributed by atoms with van der Waals surface area (Å²) in [7, 11) is 0. The van der Waals surface area contributed by atoms with Gasteiger partial charge in [-0.3, -0.25) is 9.59 Å². The van der Waals surface area contributed by atoms with Gasteiger partial charge in [-0.05, 0) is 59.0 Å². The van der Waals surface area contributed by atoms with Gasteiger partial charge in [0, 0.05) is 3.57 Å². The van der Waals surface area contributed by atoms with Gasteiger partial charge in [-0.1, -0.05) is 0 Å². The van der Waals surface area contributed by atoms with Crippen molar-refractivity contribution >= 4 is 40.1 Å². The topological polar surface area (TPSA) is 37.4 Å². The first-order valence-electron chi connectivity index (χ1n) is 5.62. The number of halogens is 3. The van der Waals surface area contributed by atoms with Gasteiger partial charge in [0.25, 0.3) is 11.8 Å². The van der Waals surface area contributed by atoms with Crippen LogP contribution in [0, 0.1) is 15.2 Å². The molecule has 1 aliphatic rings. The molecule has 2 aromatic rings. The first-order valence-corrected chi connectivity index (χ1v) is 6.70. The molecule has 1 heterocycles. The maximum atomic E-state index is 13.2. The molecule has 0 saturated heterocycles. The number of imide groups is 1. The fraction of sp³-hybridized carbons (Fsp3) is 0. The summed E-state index contributed by atoms with van der Waals surface area (Å²) in [4.78, 5) is 25.3. The highest BCUT2D eigenvalue weighted by Gasteiger charge is 2.37. The van der Waals surface area contributed by atoms with E-state index in [2.05, 4.69) is 22.6 Å². The standard InChI is InChI=1S/C14H6F2INO2/c15-11-5-9-10(6-12(11)16)14(20)18(13(9)19)8-3-1-7(17)2-4-8/h1-6H. The summed E-state index contributed by atoms with van der Waals surface area (Å²) in [6.07, 6.45) is 0. The summed E-state index contributed by atoms with van der Waals surface area (Å²) in [5, 5.41) is 0. The smallest absolute Gasteiger partial charge is 0.266 e. The highest BCUT2D eigenvalue weighted by atomic mass is 127. The molecule has 0 saturated carbocycles. The highest BCUT2D eigenvalue weighted by Crippen LogP contribution is 2.30. The number of benzene rings is 2. The molecule has 0 fully saturated rings. The molecule has 2 aromatic carbocycles. The number of anilines is 1. The third-order valence-electron chi connectivity index (χ3n) is 3.01. The quantitative estimate of drug-likeness (QED) is 0.558. The van der Waals surface area contributed by atoms with Gasteiger partial charge in [0.2, 0.25) is 0 Å². The SMILES string of the molecule is O=C1c2cc(F)c(F)cc2C(=O)N1c1ccc(I)cc1. The Morgan fingerprint density at radius 3 is 1.75 bits per heavy atom. The number of nitrogens with zero attached hydrogens (tertiary/aromatic N) is 1. The van der Waals surface area contributed by atoms with E-state index in [1.807, 2.05) is 0 Å². The molecule has 0 unspecified atom stereocenters. The molecular formula is C14H6F2INO2. The molecule has 0 aromatic heterocycles. The van der Waals surface area contributed by atoms with E-state index in [9.17, 15) is 18.4 Å². The molecule has 0 radical (unpaired) electrons. The van der Waals surface area contributed by atoms with Crippen LogP contribution in [-0.4, -0.2) is 11.8 Å². The number of carbonyl (C=O) groups excluding carboxylic acids is 2. The minimum absolute atomic E-state index is 0.118. The Kier molecular flexibility index (Phi) is 3.04. The van der Waals surface area contributed by atoms with E-state index in [0.29, 0.717) is 5.69 Å². The van der Waals surface area contributed by atoms with E-state index >= 15 is 0 Å². The van der Waals surface area contributed by atoms with Crippen LogP contribution in [0.5, 0.6) is 0 Å². The Balaban J connectivity index is 2.12. The third-order valence-corrected chi connectivity index (χ3v) is 3.73. The average Bonchev–Trinajstić information content (AvgIpc) is 2.65. The number of fused-ring (bicyclic) bond motifs is 1. The van der Waals surface area contributed by atoms with Gasteiger partial charge in [-0.2, -0.15) is 0 Å². The van der Waals surface area contributed by atoms with Crippen molar-refractivity contribution in [1.29, 1.82) is 0 Å². The van der Waals surface area contributed by atoms with Gasteiger partial charge in [-0.15, -0.1) is 0 Å². The normalized spacial score (nSPS) is 13.8. The maximum absolute atomic E-state index is 13.2. The predicted molar refractivity (Wildman–Crippen MR) is 76.7 cm³/mol. The van der Waals surface area contributed by atoms with Crippen molar-refractivity contribution in [3.8, 4) is 0 Å². The van der Waals surface area contributed by atoms with Gasteiger partial charge < -0.3 is 0 Å². The molecule has 100 valence electrons. The summed E-state index contributed by atoms with van der Waals surface area (Å²) >= 11 is 2.09. The van der Waals surface area contributed by atoms with Gasteiger partial charge in [0.15, 0.2) is 11.6 Å². The van der Waals surface area contributed by atoms with Crippen molar-refractivity contribution < 1.29 is 18.4 Å². The summed E-state index contributed by atoms with van der Waals surface area (Å²) in [6, 6.07) is 8.21. The van der Waals surface area contributed by atoms with Gasteiger partial charge in [0.05, 0.1) is 16.8 Å². The number of rotatable bonds is 1. The first kappa shape index (κ1) is 13.2. The fourth-order valence-electron chi connectivity index (χ4n) is 2.06. The van der Waals surface area contributed by atoms with Crippen LogP contribution in [0.3, 0.4) is 0 Å². The minimum Gasteiger partial charge on any atom is -0.268 e. The molecule has 1 aliphatic heterocycles. The van der Waals surface area contributed by atoms with Crippen LogP contribution < -0.4 is 4.90 Å². The van der Waals surface area contributed by atoms with E-state index in [4.69, 9.17) is 0 Å². The fourth-order valence-corrected chi connectivity index (χ4v) is 2.42. The van der Waals surface area contributed by atoms with Crippen molar-refractivity contribution in [2.24, 2.45) is 0 Å². The predicted octanol–water partition coefficient (Wildman–Crippen LogP) is 3.37. The molecule has 0 aliphatic carbocycles. The van der Waals surface area contributed by atoms with E-state index in [1.54, 1.807) is 24.3 Å². The second kappa shape index (κ2) is 4.62. The third kappa shape index (κ3) is 1.91. The molecule has 0 atom stereocenters. The van der Waals surface area contributed by atoms with Crippen LogP contribution in [0.15, 0.2) is 36.4 Å². The van der Waals surface area contributed by atoms with Crippen LogP contribution in [0.1, 0.15) is 20.7 Å². The van der Waals surface area contributed by atoms with E-state index in [-0.39, 0.29) is 11.1 Å². The van der Waals surface area contributed by atoms with Crippen molar-refractivity contribution in [3.05, 3.63) is 62.7 Å². The van der Waals surface area contributed by atoms with E-state index < -0.39 is 23.4 Å². The van der Waals surface area contributed by atoms with Crippen LogP contribution in [0.4, 0.5) is 14.5 Å². The lowest BCUT2D eigenvalue weighted by atomic mass is 10.1. The number of hydrogen-bond donors (Lipinski definition) is 0. The van der Waals surface area contributed by atoms with Crippen molar-refractivity contribution in [2.45, 2.75) is 0 Å². The Bertz CT molecular complexity index is 703. The van der Waals surface area contributed by atoms with E-state index in [1.165, 1.54) is 0 Å². The molecule has 0 bridgehead atoms. The zero-order chi connectivity index (χ0) is 14.4. The van der Waals surface area contributed by atoms with Gasteiger partial charge in [-0.25, -0.2) is 13.7 Å². The monoisotopic (exact) mass is 385 g/mol. The van der Waals surface area contributed by atoms with Crippen LogP contribution in [0.25, 0.3) is 0 Å². The van der Waals surface area contributed by atoms with Crippen molar-refractivity contribution in [1.82, 2.24) is 0 Å². The molecule has 2 amide bonds. The van der Waals surface area contributed by atoms with Gasteiger partial charge in [0.1, 0.15) is 0 Å². The summed E-state index contributed by atoms with van der Waals surface area (Å²) in [5.74, 6) is -3.58. The first-order chi connectivity index (χ1) is 9.49. The van der Waals surface area contributed by atoms with Crippen LogP contribution in [0.2, 0.25) is 0 Å². The van der Waals surface area contributed by atoms with Gasteiger partial charge >= 0.3 is 0 Å². The van der Waals surface area contributed by atoms with Crippen LogP contribution in [-0.2, 0) is 0 Å². The Morgan fingerprint density at radius 1 is 0.850 bits per heavy atom.